The van der Waals surface area contributed by atoms with Gasteiger partial charge in [0.25, 0.3) is 0 Å². The van der Waals surface area contributed by atoms with Gasteiger partial charge in [0.05, 0.1) is 24.5 Å². The van der Waals surface area contributed by atoms with Crippen LogP contribution in [0.5, 0.6) is 0 Å². The minimum Gasteiger partial charge on any atom is -0.468 e. The molecule has 6 heteroatoms. The van der Waals surface area contributed by atoms with Gasteiger partial charge in [-0.3, -0.25) is 9.59 Å². The van der Waals surface area contributed by atoms with Gasteiger partial charge in [-0.2, -0.15) is 0 Å². The number of halogens is 1. The van der Waals surface area contributed by atoms with Crippen molar-refractivity contribution < 1.29 is 14.3 Å². The Bertz CT molecular complexity index is 968. The van der Waals surface area contributed by atoms with Crippen LogP contribution < -0.4 is 10.6 Å². The molecule has 0 amide bonds. The highest BCUT2D eigenvalue weighted by atomic mass is 35.5. The molecule has 0 saturated heterocycles. The fourth-order valence-corrected chi connectivity index (χ4v) is 4.17. The lowest BCUT2D eigenvalue weighted by Crippen LogP contribution is -2.39. The van der Waals surface area contributed by atoms with Crippen LogP contribution in [0, 0.1) is 11.8 Å². The number of benzene rings is 2. The Balaban J connectivity index is 1.87. The zero-order valence-electron chi connectivity index (χ0n) is 15.7. The lowest BCUT2D eigenvalue weighted by Gasteiger charge is -2.32. The van der Waals surface area contributed by atoms with Crippen LogP contribution in [0.2, 0.25) is 5.02 Å². The number of Topliss-reactive ketones (excluding diaryl/α,β-unsaturated/α-hetero) is 1. The van der Waals surface area contributed by atoms with Crippen molar-refractivity contribution in [3.05, 3.63) is 70.4 Å². The van der Waals surface area contributed by atoms with Gasteiger partial charge in [0.2, 0.25) is 0 Å². The molecule has 28 heavy (non-hydrogen) atoms. The summed E-state index contributed by atoms with van der Waals surface area (Å²) in [6, 6.07) is 14.8. The quantitative estimate of drug-likeness (QED) is 0.575. The highest BCUT2D eigenvalue weighted by Crippen LogP contribution is 2.43. The molecule has 0 unspecified atom stereocenters. The first kappa shape index (κ1) is 18.6. The number of anilines is 2. The summed E-state index contributed by atoms with van der Waals surface area (Å²) in [6.45, 7) is 1.91. The van der Waals surface area contributed by atoms with Crippen molar-refractivity contribution in [2.24, 2.45) is 11.8 Å². The molecule has 2 aliphatic rings. The van der Waals surface area contributed by atoms with E-state index in [0.717, 1.165) is 22.6 Å². The zero-order valence-corrected chi connectivity index (χ0v) is 16.4. The third-order valence-electron chi connectivity index (χ3n) is 5.43. The van der Waals surface area contributed by atoms with Crippen LogP contribution in [-0.2, 0) is 14.3 Å². The summed E-state index contributed by atoms with van der Waals surface area (Å²) < 4.78 is 4.92. The number of nitrogens with one attached hydrogen (secondary N) is 2. The Morgan fingerprint density at radius 2 is 1.79 bits per heavy atom. The molecule has 144 valence electrons. The number of rotatable bonds is 2. The third kappa shape index (κ3) is 3.16. The molecule has 3 atom stereocenters. The Morgan fingerprint density at radius 3 is 2.46 bits per heavy atom. The van der Waals surface area contributed by atoms with Gasteiger partial charge < -0.3 is 15.4 Å². The molecule has 2 aromatic rings. The number of fused-ring (bicyclic) bond motifs is 1. The van der Waals surface area contributed by atoms with Gasteiger partial charge >= 0.3 is 5.97 Å². The predicted octanol–water partition coefficient (Wildman–Crippen LogP) is 4.57. The summed E-state index contributed by atoms with van der Waals surface area (Å²) in [7, 11) is 1.32. The number of hydrogen-bond donors (Lipinski definition) is 2. The molecule has 5 nitrogen and oxygen atoms in total. The Hall–Kier alpha value is -2.79. The second kappa shape index (κ2) is 7.32. The normalized spacial score (nSPS) is 23.7. The largest absolute Gasteiger partial charge is 0.468 e. The van der Waals surface area contributed by atoms with E-state index in [2.05, 4.69) is 10.6 Å². The van der Waals surface area contributed by atoms with Crippen LogP contribution in [-0.4, -0.2) is 18.9 Å². The molecular weight excluding hydrogens is 376 g/mol. The van der Waals surface area contributed by atoms with E-state index in [1.807, 2.05) is 43.3 Å². The SMILES string of the molecule is COC(=O)[C@H]1C(=O)C2=C(C[C@@H]1C)Nc1ccccc1N[C@@H]2c1ccc(Cl)cc1. The summed E-state index contributed by atoms with van der Waals surface area (Å²) >= 11 is 6.06. The number of hydrogen-bond acceptors (Lipinski definition) is 5. The second-order valence-electron chi connectivity index (χ2n) is 7.24. The molecule has 1 heterocycles. The first-order valence-electron chi connectivity index (χ1n) is 9.22. The number of methoxy groups -OCH3 is 1. The number of ether oxygens (including phenoxy) is 1. The molecule has 2 N–H and O–H groups in total. The minimum atomic E-state index is -0.802. The summed E-state index contributed by atoms with van der Waals surface area (Å²) in [5.41, 5.74) is 4.12. The van der Waals surface area contributed by atoms with Crippen LogP contribution >= 0.6 is 11.6 Å². The van der Waals surface area contributed by atoms with Gasteiger partial charge in [-0.05, 0) is 42.2 Å². The number of ketones is 1. The number of carbonyl (C=O) groups excluding carboxylic acids is 2. The maximum atomic E-state index is 13.5. The van der Waals surface area contributed by atoms with Crippen LogP contribution in [0.4, 0.5) is 11.4 Å². The molecule has 0 aromatic heterocycles. The van der Waals surface area contributed by atoms with Crippen LogP contribution in [0.15, 0.2) is 59.8 Å². The van der Waals surface area contributed by atoms with E-state index in [4.69, 9.17) is 16.3 Å². The highest BCUT2D eigenvalue weighted by molar-refractivity contribution is 6.30. The zero-order chi connectivity index (χ0) is 19.8. The molecule has 0 bridgehead atoms. The first-order valence-corrected chi connectivity index (χ1v) is 9.60. The molecule has 0 saturated carbocycles. The summed E-state index contributed by atoms with van der Waals surface area (Å²) in [4.78, 5) is 25.8. The fraction of sp³-hybridized carbons (Fsp3) is 0.273. The molecular formula is C22H21ClN2O3. The lowest BCUT2D eigenvalue weighted by molar-refractivity contribution is -0.151. The third-order valence-corrected chi connectivity index (χ3v) is 5.68. The van der Waals surface area contributed by atoms with E-state index < -0.39 is 17.9 Å². The summed E-state index contributed by atoms with van der Waals surface area (Å²) in [6.07, 6.45) is 0.584. The van der Waals surface area contributed by atoms with Crippen molar-refractivity contribution in [1.29, 1.82) is 0 Å². The van der Waals surface area contributed by atoms with Crippen molar-refractivity contribution >= 4 is 34.7 Å². The van der Waals surface area contributed by atoms with E-state index in [9.17, 15) is 9.59 Å². The average Bonchev–Trinajstić information content (AvgIpc) is 2.85. The standard InChI is InChI=1S/C22H21ClN2O3/c1-12-11-17-19(21(26)18(12)22(27)28-2)20(13-7-9-14(23)10-8-13)25-16-6-4-3-5-15(16)24-17/h3-10,12,18,20,24-25H,11H2,1-2H3/t12-,18+,20+/m0/s1. The minimum absolute atomic E-state index is 0.151. The molecule has 4 rings (SSSR count). The number of esters is 1. The van der Waals surface area contributed by atoms with Gasteiger partial charge in [-0.25, -0.2) is 0 Å². The van der Waals surface area contributed by atoms with E-state index in [1.165, 1.54) is 7.11 Å². The number of allylic oxidation sites excluding steroid dienone is 1. The van der Waals surface area contributed by atoms with E-state index in [0.29, 0.717) is 17.0 Å². The molecule has 0 spiro atoms. The van der Waals surface area contributed by atoms with Gasteiger partial charge in [-0.15, -0.1) is 0 Å². The van der Waals surface area contributed by atoms with Crippen molar-refractivity contribution in [1.82, 2.24) is 0 Å². The number of para-hydroxylation sites is 2. The smallest absolute Gasteiger partial charge is 0.316 e. The van der Waals surface area contributed by atoms with Gasteiger partial charge in [-0.1, -0.05) is 42.8 Å². The Morgan fingerprint density at radius 1 is 1.11 bits per heavy atom. The van der Waals surface area contributed by atoms with Crippen molar-refractivity contribution in [3.63, 3.8) is 0 Å². The summed E-state index contributed by atoms with van der Waals surface area (Å²) in [5, 5.41) is 7.54. The monoisotopic (exact) mass is 396 g/mol. The molecule has 0 radical (unpaired) electrons. The van der Waals surface area contributed by atoms with E-state index in [-0.39, 0.29) is 11.7 Å². The van der Waals surface area contributed by atoms with Crippen LogP contribution in [0.25, 0.3) is 0 Å². The highest BCUT2D eigenvalue weighted by Gasteiger charge is 2.44. The van der Waals surface area contributed by atoms with Gasteiger partial charge in [0.1, 0.15) is 5.92 Å². The van der Waals surface area contributed by atoms with Crippen molar-refractivity contribution in [2.75, 3.05) is 17.7 Å². The van der Waals surface area contributed by atoms with E-state index in [1.54, 1.807) is 12.1 Å². The Kier molecular flexibility index (Phi) is 4.85. The Labute approximate surface area is 168 Å². The molecule has 0 fully saturated rings. The second-order valence-corrected chi connectivity index (χ2v) is 7.67. The number of carbonyl (C=O) groups is 2. The predicted molar refractivity (Wildman–Crippen MR) is 109 cm³/mol. The topological polar surface area (TPSA) is 67.4 Å². The van der Waals surface area contributed by atoms with Crippen LogP contribution in [0.1, 0.15) is 24.9 Å². The fourth-order valence-electron chi connectivity index (χ4n) is 4.04. The maximum Gasteiger partial charge on any atom is 0.316 e. The average molecular weight is 397 g/mol. The van der Waals surface area contributed by atoms with Crippen molar-refractivity contribution in [3.8, 4) is 0 Å². The van der Waals surface area contributed by atoms with Crippen LogP contribution in [0.3, 0.4) is 0 Å². The maximum absolute atomic E-state index is 13.5. The van der Waals surface area contributed by atoms with Gasteiger partial charge in [0, 0.05) is 16.3 Å². The van der Waals surface area contributed by atoms with E-state index >= 15 is 0 Å². The molecule has 1 aliphatic carbocycles. The molecule has 2 aromatic carbocycles. The molecule has 1 aliphatic heterocycles. The van der Waals surface area contributed by atoms with Crippen molar-refractivity contribution in [2.45, 2.75) is 19.4 Å². The van der Waals surface area contributed by atoms with Gasteiger partial charge in [0.15, 0.2) is 5.78 Å². The summed E-state index contributed by atoms with van der Waals surface area (Å²) in [5.74, 6) is -1.64. The first-order chi connectivity index (χ1) is 13.5. The lowest BCUT2D eigenvalue weighted by atomic mass is 9.75.